The summed E-state index contributed by atoms with van der Waals surface area (Å²) in [5, 5.41) is 10.1. The van der Waals surface area contributed by atoms with Gasteiger partial charge in [0.05, 0.1) is 5.60 Å². The number of benzene rings is 1. The van der Waals surface area contributed by atoms with Crippen LogP contribution in [0.15, 0.2) is 36.9 Å². The largest absolute Gasteiger partial charge is 0.385 e. The molecular formula is C16H24FNO2. The normalized spacial score (nSPS) is 14.2. The van der Waals surface area contributed by atoms with Crippen LogP contribution in [0.2, 0.25) is 0 Å². The molecule has 1 aromatic rings. The second-order valence-corrected chi connectivity index (χ2v) is 5.21. The molecule has 0 heterocycles. The van der Waals surface area contributed by atoms with Gasteiger partial charge in [-0.15, -0.1) is 6.58 Å². The van der Waals surface area contributed by atoms with Gasteiger partial charge in [0.1, 0.15) is 5.82 Å². The highest BCUT2D eigenvalue weighted by Crippen LogP contribution is 2.14. The Morgan fingerprint density at radius 1 is 1.45 bits per heavy atom. The summed E-state index contributed by atoms with van der Waals surface area (Å²) in [6, 6.07) is 6.71. The van der Waals surface area contributed by atoms with Crippen molar-refractivity contribution in [2.45, 2.75) is 25.5 Å². The van der Waals surface area contributed by atoms with Gasteiger partial charge in [-0.05, 0) is 19.4 Å². The molecule has 1 atom stereocenters. The SMILES string of the molecule is C=CC(C)(O)CN(CCCOC)Cc1ccccc1F. The Morgan fingerprint density at radius 2 is 2.15 bits per heavy atom. The molecule has 0 saturated carbocycles. The molecule has 112 valence electrons. The van der Waals surface area contributed by atoms with Gasteiger partial charge in [0.15, 0.2) is 0 Å². The molecule has 0 aliphatic heterocycles. The number of ether oxygens (including phenoxy) is 1. The van der Waals surface area contributed by atoms with Crippen LogP contribution in [-0.4, -0.2) is 42.4 Å². The van der Waals surface area contributed by atoms with Gasteiger partial charge in [0.25, 0.3) is 0 Å². The summed E-state index contributed by atoms with van der Waals surface area (Å²) in [6.07, 6.45) is 2.34. The lowest BCUT2D eigenvalue weighted by atomic mass is 10.1. The summed E-state index contributed by atoms with van der Waals surface area (Å²) in [5.74, 6) is -0.220. The van der Waals surface area contributed by atoms with E-state index in [2.05, 4.69) is 6.58 Å². The van der Waals surface area contributed by atoms with E-state index < -0.39 is 5.60 Å². The van der Waals surface area contributed by atoms with Gasteiger partial charge >= 0.3 is 0 Å². The molecule has 0 fully saturated rings. The highest BCUT2D eigenvalue weighted by atomic mass is 19.1. The third kappa shape index (κ3) is 5.82. The highest BCUT2D eigenvalue weighted by Gasteiger charge is 2.20. The first-order valence-corrected chi connectivity index (χ1v) is 6.79. The molecule has 0 bridgehead atoms. The van der Waals surface area contributed by atoms with Crippen molar-refractivity contribution >= 4 is 0 Å². The Bertz CT molecular complexity index is 421. The first-order chi connectivity index (χ1) is 9.48. The highest BCUT2D eigenvalue weighted by molar-refractivity contribution is 5.17. The fraction of sp³-hybridized carbons (Fsp3) is 0.500. The van der Waals surface area contributed by atoms with Gasteiger partial charge in [-0.3, -0.25) is 4.90 Å². The molecule has 0 amide bonds. The predicted molar refractivity (Wildman–Crippen MR) is 79.0 cm³/mol. The van der Waals surface area contributed by atoms with Crippen LogP contribution in [0.1, 0.15) is 18.9 Å². The minimum atomic E-state index is -0.988. The van der Waals surface area contributed by atoms with Crippen LogP contribution in [-0.2, 0) is 11.3 Å². The molecule has 0 aliphatic rings. The first kappa shape index (κ1) is 16.8. The zero-order chi connectivity index (χ0) is 15.0. The summed E-state index contributed by atoms with van der Waals surface area (Å²) in [6.45, 7) is 7.57. The number of rotatable bonds is 9. The average molecular weight is 281 g/mol. The molecule has 1 N–H and O–H groups in total. The number of aliphatic hydroxyl groups is 1. The number of hydrogen-bond acceptors (Lipinski definition) is 3. The van der Waals surface area contributed by atoms with E-state index in [4.69, 9.17) is 4.74 Å². The molecule has 1 aromatic carbocycles. The van der Waals surface area contributed by atoms with E-state index in [-0.39, 0.29) is 5.82 Å². The van der Waals surface area contributed by atoms with Crippen molar-refractivity contribution in [3.63, 3.8) is 0 Å². The van der Waals surface area contributed by atoms with Crippen LogP contribution in [0.4, 0.5) is 4.39 Å². The second-order valence-electron chi connectivity index (χ2n) is 5.21. The molecule has 0 saturated heterocycles. The number of halogens is 1. The van der Waals surface area contributed by atoms with Crippen LogP contribution in [0, 0.1) is 5.82 Å². The van der Waals surface area contributed by atoms with Gasteiger partial charge in [0.2, 0.25) is 0 Å². The molecule has 0 radical (unpaired) electrons. The first-order valence-electron chi connectivity index (χ1n) is 6.79. The van der Waals surface area contributed by atoms with Gasteiger partial charge in [-0.25, -0.2) is 4.39 Å². The van der Waals surface area contributed by atoms with Crippen molar-refractivity contribution in [2.75, 3.05) is 26.8 Å². The Hall–Kier alpha value is -1.23. The van der Waals surface area contributed by atoms with Crippen molar-refractivity contribution in [3.05, 3.63) is 48.3 Å². The molecule has 1 rings (SSSR count). The van der Waals surface area contributed by atoms with Crippen LogP contribution >= 0.6 is 0 Å². The Morgan fingerprint density at radius 3 is 2.75 bits per heavy atom. The fourth-order valence-electron chi connectivity index (χ4n) is 2.03. The van der Waals surface area contributed by atoms with Crippen LogP contribution in [0.5, 0.6) is 0 Å². The van der Waals surface area contributed by atoms with Crippen molar-refractivity contribution in [1.82, 2.24) is 4.90 Å². The molecular weight excluding hydrogens is 257 g/mol. The minimum Gasteiger partial charge on any atom is -0.385 e. The van der Waals surface area contributed by atoms with E-state index in [1.165, 1.54) is 12.1 Å². The lowest BCUT2D eigenvalue weighted by Gasteiger charge is -2.29. The fourth-order valence-corrected chi connectivity index (χ4v) is 2.03. The molecule has 3 nitrogen and oxygen atoms in total. The second kappa shape index (κ2) is 8.15. The van der Waals surface area contributed by atoms with Crippen molar-refractivity contribution in [2.24, 2.45) is 0 Å². The van der Waals surface area contributed by atoms with Crippen molar-refractivity contribution in [1.29, 1.82) is 0 Å². The van der Waals surface area contributed by atoms with E-state index in [1.54, 1.807) is 26.2 Å². The summed E-state index contributed by atoms with van der Waals surface area (Å²) in [5.41, 5.74) is -0.358. The number of hydrogen-bond donors (Lipinski definition) is 1. The van der Waals surface area contributed by atoms with Gasteiger partial charge < -0.3 is 9.84 Å². The molecule has 4 heteroatoms. The quantitative estimate of drug-likeness (QED) is 0.558. The standard InChI is InChI=1S/C16H24FNO2/c1-4-16(2,19)13-18(10-7-11-20-3)12-14-8-5-6-9-15(14)17/h4-6,8-9,19H,1,7,10-13H2,2-3H3. The van der Waals surface area contributed by atoms with Crippen LogP contribution in [0.25, 0.3) is 0 Å². The monoisotopic (exact) mass is 281 g/mol. The Balaban J connectivity index is 2.71. The van der Waals surface area contributed by atoms with E-state index >= 15 is 0 Å². The number of methoxy groups -OCH3 is 1. The third-order valence-electron chi connectivity index (χ3n) is 3.16. The minimum absolute atomic E-state index is 0.220. The molecule has 0 spiro atoms. The molecule has 0 aromatic heterocycles. The predicted octanol–water partition coefficient (Wildman–Crippen LogP) is 2.60. The van der Waals surface area contributed by atoms with Gasteiger partial charge in [-0.2, -0.15) is 0 Å². The van der Waals surface area contributed by atoms with Gasteiger partial charge in [-0.1, -0.05) is 24.3 Å². The molecule has 0 aliphatic carbocycles. The molecule has 20 heavy (non-hydrogen) atoms. The maximum absolute atomic E-state index is 13.7. The van der Waals surface area contributed by atoms with E-state index in [1.807, 2.05) is 11.0 Å². The Labute approximate surface area is 120 Å². The maximum atomic E-state index is 13.7. The van der Waals surface area contributed by atoms with E-state index in [0.29, 0.717) is 25.3 Å². The summed E-state index contributed by atoms with van der Waals surface area (Å²) in [7, 11) is 1.65. The zero-order valence-corrected chi connectivity index (χ0v) is 12.3. The van der Waals surface area contributed by atoms with Crippen LogP contribution in [0.3, 0.4) is 0 Å². The summed E-state index contributed by atoms with van der Waals surface area (Å²) < 4.78 is 18.8. The van der Waals surface area contributed by atoms with Gasteiger partial charge in [0, 0.05) is 38.9 Å². The molecule has 1 unspecified atom stereocenters. The number of nitrogens with zero attached hydrogens (tertiary/aromatic N) is 1. The average Bonchev–Trinajstić information content (AvgIpc) is 2.41. The smallest absolute Gasteiger partial charge is 0.127 e. The zero-order valence-electron chi connectivity index (χ0n) is 12.3. The van der Waals surface area contributed by atoms with Crippen LogP contribution < -0.4 is 0 Å². The Kier molecular flexibility index (Phi) is 6.85. The van der Waals surface area contributed by atoms with Crippen molar-refractivity contribution in [3.8, 4) is 0 Å². The summed E-state index contributed by atoms with van der Waals surface area (Å²) in [4.78, 5) is 2.01. The topological polar surface area (TPSA) is 32.7 Å². The van der Waals surface area contributed by atoms with E-state index in [0.717, 1.165) is 13.0 Å². The third-order valence-corrected chi connectivity index (χ3v) is 3.16. The lowest BCUT2D eigenvalue weighted by Crippen LogP contribution is -2.39. The summed E-state index contributed by atoms with van der Waals surface area (Å²) >= 11 is 0. The van der Waals surface area contributed by atoms with E-state index in [9.17, 15) is 9.50 Å². The lowest BCUT2D eigenvalue weighted by molar-refractivity contribution is 0.0541. The maximum Gasteiger partial charge on any atom is 0.127 e. The van der Waals surface area contributed by atoms with Crippen molar-refractivity contribution < 1.29 is 14.2 Å².